The average Bonchev–Trinajstić information content (AvgIpc) is 2.33. The van der Waals surface area contributed by atoms with Crippen LogP contribution in [0.25, 0.3) is 0 Å². The molecule has 1 rings (SSSR count). The van der Waals surface area contributed by atoms with Crippen LogP contribution in [0.4, 0.5) is 0 Å². The van der Waals surface area contributed by atoms with E-state index in [4.69, 9.17) is 10.5 Å². The number of rotatable bonds is 3. The van der Waals surface area contributed by atoms with Crippen molar-refractivity contribution in [3.63, 3.8) is 0 Å². The van der Waals surface area contributed by atoms with Gasteiger partial charge in [0, 0.05) is 19.1 Å². The van der Waals surface area contributed by atoms with Crippen molar-refractivity contribution < 1.29 is 9.53 Å². The van der Waals surface area contributed by atoms with E-state index in [9.17, 15) is 4.79 Å². The van der Waals surface area contributed by atoms with Crippen molar-refractivity contribution in [3.05, 3.63) is 0 Å². The van der Waals surface area contributed by atoms with Gasteiger partial charge in [0.1, 0.15) is 0 Å². The third-order valence-electron chi connectivity index (χ3n) is 2.17. The van der Waals surface area contributed by atoms with Crippen LogP contribution in [-0.2, 0) is 9.53 Å². The second-order valence-corrected chi connectivity index (χ2v) is 4.09. The number of carbonyl (C=O) groups excluding carboxylic acids is 1. The molecule has 1 saturated heterocycles. The first-order chi connectivity index (χ1) is 6.02. The fraction of sp³-hybridized carbons (Fsp3) is 0.889. The van der Waals surface area contributed by atoms with Gasteiger partial charge in [-0.05, 0) is 20.3 Å². The molecule has 2 unspecified atom stereocenters. The molecule has 1 fully saturated rings. The standard InChI is InChI=1S/C9H18N2O2/c1-7(10)5-8(12)11-9(2)3-4-13-6-9/h7H,3-6,10H2,1-2H3,(H,11,12). The fourth-order valence-corrected chi connectivity index (χ4v) is 1.45. The van der Waals surface area contributed by atoms with Gasteiger partial charge in [-0.25, -0.2) is 0 Å². The molecule has 0 aliphatic carbocycles. The van der Waals surface area contributed by atoms with Crippen LogP contribution in [0.3, 0.4) is 0 Å². The van der Waals surface area contributed by atoms with Crippen molar-refractivity contribution in [3.8, 4) is 0 Å². The number of nitrogens with one attached hydrogen (secondary N) is 1. The van der Waals surface area contributed by atoms with E-state index < -0.39 is 0 Å². The predicted molar refractivity (Wildman–Crippen MR) is 50.3 cm³/mol. The molecule has 1 aliphatic heterocycles. The van der Waals surface area contributed by atoms with Gasteiger partial charge in [0.15, 0.2) is 0 Å². The maximum Gasteiger partial charge on any atom is 0.222 e. The number of ether oxygens (including phenoxy) is 1. The second kappa shape index (κ2) is 4.07. The van der Waals surface area contributed by atoms with Crippen LogP contribution in [0, 0.1) is 0 Å². The minimum absolute atomic E-state index is 0.0167. The summed E-state index contributed by atoms with van der Waals surface area (Å²) in [6.45, 7) is 5.17. The largest absolute Gasteiger partial charge is 0.379 e. The van der Waals surface area contributed by atoms with E-state index in [-0.39, 0.29) is 17.5 Å². The molecular weight excluding hydrogens is 168 g/mol. The van der Waals surface area contributed by atoms with E-state index in [1.807, 2.05) is 13.8 Å². The molecule has 0 aromatic rings. The summed E-state index contributed by atoms with van der Waals surface area (Å²) in [7, 11) is 0. The summed E-state index contributed by atoms with van der Waals surface area (Å²) in [5, 5.41) is 2.94. The Bertz CT molecular complexity index is 186. The Morgan fingerprint density at radius 3 is 2.92 bits per heavy atom. The molecule has 1 amide bonds. The van der Waals surface area contributed by atoms with Crippen molar-refractivity contribution in [1.82, 2.24) is 5.32 Å². The van der Waals surface area contributed by atoms with Crippen LogP contribution >= 0.6 is 0 Å². The summed E-state index contributed by atoms with van der Waals surface area (Å²) in [4.78, 5) is 11.4. The quantitative estimate of drug-likeness (QED) is 0.653. The molecule has 0 saturated carbocycles. The van der Waals surface area contributed by atoms with E-state index in [0.717, 1.165) is 13.0 Å². The summed E-state index contributed by atoms with van der Waals surface area (Å²) < 4.78 is 5.22. The Morgan fingerprint density at radius 2 is 2.46 bits per heavy atom. The van der Waals surface area contributed by atoms with Crippen molar-refractivity contribution in [2.45, 2.75) is 38.3 Å². The summed E-state index contributed by atoms with van der Waals surface area (Å²) in [5.74, 6) is 0.0167. The highest BCUT2D eigenvalue weighted by Gasteiger charge is 2.31. The highest BCUT2D eigenvalue weighted by Crippen LogP contribution is 2.17. The lowest BCUT2D eigenvalue weighted by molar-refractivity contribution is -0.123. The lowest BCUT2D eigenvalue weighted by atomic mass is 10.0. The summed E-state index contributed by atoms with van der Waals surface area (Å²) in [5.41, 5.74) is 5.34. The van der Waals surface area contributed by atoms with E-state index in [1.54, 1.807) is 0 Å². The summed E-state index contributed by atoms with van der Waals surface area (Å²) >= 11 is 0. The number of nitrogens with two attached hydrogens (primary N) is 1. The first kappa shape index (κ1) is 10.5. The van der Waals surface area contributed by atoms with Gasteiger partial charge in [-0.2, -0.15) is 0 Å². The van der Waals surface area contributed by atoms with Crippen LogP contribution in [0.5, 0.6) is 0 Å². The van der Waals surface area contributed by atoms with E-state index in [0.29, 0.717) is 13.0 Å². The van der Waals surface area contributed by atoms with Crippen LogP contribution < -0.4 is 11.1 Å². The highest BCUT2D eigenvalue weighted by molar-refractivity contribution is 5.77. The maximum atomic E-state index is 11.4. The molecule has 13 heavy (non-hydrogen) atoms. The van der Waals surface area contributed by atoms with Crippen molar-refractivity contribution >= 4 is 5.91 Å². The highest BCUT2D eigenvalue weighted by atomic mass is 16.5. The minimum atomic E-state index is -0.175. The zero-order valence-electron chi connectivity index (χ0n) is 8.30. The predicted octanol–water partition coefficient (Wildman–Crippen LogP) is 0.0189. The first-order valence-corrected chi connectivity index (χ1v) is 4.66. The molecular formula is C9H18N2O2. The van der Waals surface area contributed by atoms with Gasteiger partial charge in [0.05, 0.1) is 12.1 Å². The van der Waals surface area contributed by atoms with Gasteiger partial charge in [0.2, 0.25) is 5.91 Å². The lowest BCUT2D eigenvalue weighted by Gasteiger charge is -2.23. The number of hydrogen-bond donors (Lipinski definition) is 2. The topological polar surface area (TPSA) is 64.4 Å². The number of carbonyl (C=O) groups is 1. The van der Waals surface area contributed by atoms with Gasteiger partial charge < -0.3 is 15.8 Å². The zero-order chi connectivity index (χ0) is 9.90. The molecule has 4 nitrogen and oxygen atoms in total. The zero-order valence-corrected chi connectivity index (χ0v) is 8.30. The van der Waals surface area contributed by atoms with Crippen LogP contribution in [0.15, 0.2) is 0 Å². The summed E-state index contributed by atoms with van der Waals surface area (Å²) in [6.07, 6.45) is 1.27. The van der Waals surface area contributed by atoms with Gasteiger partial charge in [-0.3, -0.25) is 4.79 Å². The molecule has 0 radical (unpaired) electrons. The van der Waals surface area contributed by atoms with Crippen molar-refractivity contribution in [1.29, 1.82) is 0 Å². The Hall–Kier alpha value is -0.610. The normalized spacial score (nSPS) is 30.1. The second-order valence-electron chi connectivity index (χ2n) is 4.09. The summed E-state index contributed by atoms with van der Waals surface area (Å²) in [6, 6.07) is -0.0779. The molecule has 3 N–H and O–H groups in total. The maximum absolute atomic E-state index is 11.4. The Labute approximate surface area is 78.8 Å². The Kier molecular flexibility index (Phi) is 3.27. The van der Waals surface area contributed by atoms with Crippen LogP contribution in [0.2, 0.25) is 0 Å². The molecule has 1 heterocycles. The molecule has 4 heteroatoms. The van der Waals surface area contributed by atoms with Gasteiger partial charge >= 0.3 is 0 Å². The lowest BCUT2D eigenvalue weighted by Crippen LogP contribution is -2.47. The third kappa shape index (κ3) is 3.32. The Morgan fingerprint density at radius 1 is 1.77 bits per heavy atom. The van der Waals surface area contributed by atoms with E-state index in [2.05, 4.69) is 5.32 Å². The molecule has 0 bridgehead atoms. The smallest absolute Gasteiger partial charge is 0.222 e. The number of amides is 1. The van der Waals surface area contributed by atoms with Crippen molar-refractivity contribution in [2.24, 2.45) is 5.73 Å². The average molecular weight is 186 g/mol. The molecule has 0 spiro atoms. The Balaban J connectivity index is 2.34. The van der Waals surface area contributed by atoms with Crippen LogP contribution in [-0.4, -0.2) is 30.7 Å². The number of hydrogen-bond acceptors (Lipinski definition) is 3. The van der Waals surface area contributed by atoms with Crippen LogP contribution in [0.1, 0.15) is 26.7 Å². The molecule has 1 aliphatic rings. The van der Waals surface area contributed by atoms with Gasteiger partial charge in [-0.1, -0.05) is 0 Å². The molecule has 2 atom stereocenters. The van der Waals surface area contributed by atoms with Gasteiger partial charge in [-0.15, -0.1) is 0 Å². The monoisotopic (exact) mass is 186 g/mol. The van der Waals surface area contributed by atoms with Crippen molar-refractivity contribution in [2.75, 3.05) is 13.2 Å². The molecule has 76 valence electrons. The van der Waals surface area contributed by atoms with Gasteiger partial charge in [0.25, 0.3) is 0 Å². The third-order valence-corrected chi connectivity index (χ3v) is 2.17. The SMILES string of the molecule is CC(N)CC(=O)NC1(C)CCOC1. The molecule has 0 aromatic carbocycles. The van der Waals surface area contributed by atoms with E-state index >= 15 is 0 Å². The molecule has 0 aromatic heterocycles. The fourth-order valence-electron chi connectivity index (χ4n) is 1.45. The van der Waals surface area contributed by atoms with E-state index in [1.165, 1.54) is 0 Å². The minimum Gasteiger partial charge on any atom is -0.379 e. The first-order valence-electron chi connectivity index (χ1n) is 4.66.